The summed E-state index contributed by atoms with van der Waals surface area (Å²) in [5, 5.41) is 5.42. The normalized spacial score (nSPS) is 9.90. The highest BCUT2D eigenvalue weighted by Crippen LogP contribution is 2.26. The summed E-state index contributed by atoms with van der Waals surface area (Å²) in [6.07, 6.45) is 3.01. The molecule has 0 spiro atoms. The molecule has 2 aromatic heterocycles. The van der Waals surface area contributed by atoms with E-state index < -0.39 is 0 Å². The van der Waals surface area contributed by atoms with Crippen molar-refractivity contribution in [2.24, 2.45) is 0 Å². The number of hydrogen-bond acceptors (Lipinski definition) is 6. The van der Waals surface area contributed by atoms with E-state index in [1.807, 2.05) is 0 Å². The van der Waals surface area contributed by atoms with Crippen molar-refractivity contribution in [2.75, 3.05) is 25.1 Å². The maximum absolute atomic E-state index is 11.5. The highest BCUT2D eigenvalue weighted by molar-refractivity contribution is 5.92. The van der Waals surface area contributed by atoms with Gasteiger partial charge in [-0.3, -0.25) is 9.78 Å². The van der Waals surface area contributed by atoms with E-state index in [0.717, 1.165) is 0 Å². The molecular formula is C13H15N5O2. The largest absolute Gasteiger partial charge is 0.456 e. The molecule has 0 saturated carbocycles. The first kappa shape index (κ1) is 13.6. The summed E-state index contributed by atoms with van der Waals surface area (Å²) in [7, 11) is 3.29. The van der Waals surface area contributed by atoms with Crippen molar-refractivity contribution in [1.82, 2.24) is 15.3 Å². The van der Waals surface area contributed by atoms with Crippen molar-refractivity contribution in [3.8, 4) is 11.5 Å². The first-order valence-corrected chi connectivity index (χ1v) is 5.93. The Hall–Kier alpha value is -2.83. The van der Waals surface area contributed by atoms with Gasteiger partial charge in [0, 0.05) is 32.4 Å². The van der Waals surface area contributed by atoms with Crippen LogP contribution in [0.15, 0.2) is 30.6 Å². The summed E-state index contributed by atoms with van der Waals surface area (Å²) < 4.78 is 5.63. The third-order valence-corrected chi connectivity index (χ3v) is 2.59. The number of nitrogens with two attached hydrogens (primary N) is 1. The molecule has 0 aliphatic carbocycles. The van der Waals surface area contributed by atoms with Crippen LogP contribution in [-0.2, 0) is 0 Å². The zero-order valence-electron chi connectivity index (χ0n) is 11.2. The number of pyridine rings is 2. The number of nitrogens with one attached hydrogen (secondary N) is 2. The highest BCUT2D eigenvalue weighted by Gasteiger charge is 2.08. The summed E-state index contributed by atoms with van der Waals surface area (Å²) >= 11 is 0. The van der Waals surface area contributed by atoms with E-state index in [9.17, 15) is 4.79 Å². The van der Waals surface area contributed by atoms with Gasteiger partial charge in [-0.25, -0.2) is 4.98 Å². The Morgan fingerprint density at radius 3 is 2.75 bits per heavy atom. The van der Waals surface area contributed by atoms with Crippen LogP contribution in [-0.4, -0.2) is 30.0 Å². The van der Waals surface area contributed by atoms with Gasteiger partial charge in [-0.05, 0) is 6.07 Å². The first-order chi connectivity index (χ1) is 9.63. The summed E-state index contributed by atoms with van der Waals surface area (Å²) in [4.78, 5) is 19.5. The smallest absolute Gasteiger partial charge is 0.269 e. The van der Waals surface area contributed by atoms with Crippen molar-refractivity contribution < 1.29 is 9.53 Å². The monoisotopic (exact) mass is 273 g/mol. The van der Waals surface area contributed by atoms with E-state index in [4.69, 9.17) is 10.5 Å². The number of carbonyl (C=O) groups is 1. The lowest BCUT2D eigenvalue weighted by molar-refractivity contribution is 0.0958. The molecule has 2 heterocycles. The SMILES string of the molecule is CNC(=O)c1cc(Oc2cnc(N)c(NC)c2)ccn1. The number of nitrogens with zero attached hydrogens (tertiary/aromatic N) is 2. The highest BCUT2D eigenvalue weighted by atomic mass is 16.5. The molecule has 2 aromatic rings. The van der Waals surface area contributed by atoms with Crippen LogP contribution in [0.4, 0.5) is 11.5 Å². The van der Waals surface area contributed by atoms with Crippen LogP contribution in [0.3, 0.4) is 0 Å². The van der Waals surface area contributed by atoms with Crippen molar-refractivity contribution in [3.63, 3.8) is 0 Å². The van der Waals surface area contributed by atoms with Crippen LogP contribution >= 0.6 is 0 Å². The van der Waals surface area contributed by atoms with Crippen LogP contribution in [0, 0.1) is 0 Å². The van der Waals surface area contributed by atoms with Gasteiger partial charge >= 0.3 is 0 Å². The van der Waals surface area contributed by atoms with Gasteiger partial charge in [0.05, 0.1) is 11.9 Å². The number of anilines is 2. The Morgan fingerprint density at radius 1 is 1.25 bits per heavy atom. The van der Waals surface area contributed by atoms with E-state index in [0.29, 0.717) is 23.0 Å². The fourth-order valence-corrected chi connectivity index (χ4v) is 1.58. The lowest BCUT2D eigenvalue weighted by Gasteiger charge is -2.09. The van der Waals surface area contributed by atoms with E-state index >= 15 is 0 Å². The molecule has 0 unspecified atom stereocenters. The lowest BCUT2D eigenvalue weighted by atomic mass is 10.3. The molecule has 104 valence electrons. The number of nitrogen functional groups attached to an aromatic ring is 1. The standard InChI is InChI=1S/C13H15N5O2/c1-15-10-6-9(7-18-12(10)14)20-8-3-4-17-11(5-8)13(19)16-2/h3-7,15H,1-2H3,(H2,14,18)(H,16,19). The number of rotatable bonds is 4. The van der Waals surface area contributed by atoms with Gasteiger partial charge in [0.1, 0.15) is 23.0 Å². The van der Waals surface area contributed by atoms with E-state index in [2.05, 4.69) is 20.6 Å². The van der Waals surface area contributed by atoms with Crippen LogP contribution < -0.4 is 21.1 Å². The number of carbonyl (C=O) groups excluding carboxylic acids is 1. The third kappa shape index (κ3) is 2.94. The van der Waals surface area contributed by atoms with E-state index in [1.165, 1.54) is 12.4 Å². The Kier molecular flexibility index (Phi) is 3.99. The molecule has 0 radical (unpaired) electrons. The molecule has 0 saturated heterocycles. The molecule has 7 heteroatoms. The van der Waals surface area contributed by atoms with Crippen molar-refractivity contribution in [2.45, 2.75) is 0 Å². The Labute approximate surface area is 116 Å². The molecule has 0 bridgehead atoms. The van der Waals surface area contributed by atoms with Gasteiger partial charge in [0.25, 0.3) is 5.91 Å². The van der Waals surface area contributed by atoms with Crippen molar-refractivity contribution >= 4 is 17.4 Å². The molecule has 7 nitrogen and oxygen atoms in total. The molecule has 1 amide bonds. The Morgan fingerprint density at radius 2 is 2.05 bits per heavy atom. The number of hydrogen-bond donors (Lipinski definition) is 3. The van der Waals surface area contributed by atoms with Crippen molar-refractivity contribution in [1.29, 1.82) is 0 Å². The minimum atomic E-state index is -0.276. The summed E-state index contributed by atoms with van der Waals surface area (Å²) in [5.41, 5.74) is 6.63. The molecule has 0 aliphatic heterocycles. The second-order valence-corrected chi connectivity index (χ2v) is 3.91. The molecule has 20 heavy (non-hydrogen) atoms. The van der Waals surface area contributed by atoms with E-state index in [1.54, 1.807) is 32.3 Å². The van der Waals surface area contributed by atoms with Gasteiger partial charge in [-0.1, -0.05) is 0 Å². The van der Waals surface area contributed by atoms with Gasteiger partial charge < -0.3 is 21.1 Å². The number of aromatic nitrogens is 2. The molecule has 0 atom stereocenters. The third-order valence-electron chi connectivity index (χ3n) is 2.59. The minimum absolute atomic E-state index is 0.276. The summed E-state index contributed by atoms with van der Waals surface area (Å²) in [6, 6.07) is 4.93. The predicted molar refractivity (Wildman–Crippen MR) is 75.9 cm³/mol. The van der Waals surface area contributed by atoms with Gasteiger partial charge in [0.2, 0.25) is 0 Å². The second kappa shape index (κ2) is 5.87. The van der Waals surface area contributed by atoms with Gasteiger partial charge in [0.15, 0.2) is 0 Å². The molecule has 0 aromatic carbocycles. The number of ether oxygens (including phenoxy) is 1. The Balaban J connectivity index is 2.24. The second-order valence-electron chi connectivity index (χ2n) is 3.91. The maximum Gasteiger partial charge on any atom is 0.269 e. The molecule has 4 N–H and O–H groups in total. The molecular weight excluding hydrogens is 258 g/mol. The minimum Gasteiger partial charge on any atom is -0.456 e. The average Bonchev–Trinajstić information content (AvgIpc) is 2.48. The fourth-order valence-electron chi connectivity index (χ4n) is 1.58. The average molecular weight is 273 g/mol. The zero-order chi connectivity index (χ0) is 14.5. The van der Waals surface area contributed by atoms with Crippen LogP contribution in [0.5, 0.6) is 11.5 Å². The lowest BCUT2D eigenvalue weighted by Crippen LogP contribution is -2.18. The Bertz CT molecular complexity index is 630. The molecule has 0 aliphatic rings. The molecule has 0 fully saturated rings. The van der Waals surface area contributed by atoms with Gasteiger partial charge in [-0.15, -0.1) is 0 Å². The van der Waals surface area contributed by atoms with E-state index in [-0.39, 0.29) is 11.6 Å². The quantitative estimate of drug-likeness (QED) is 0.775. The zero-order valence-corrected chi connectivity index (χ0v) is 11.2. The summed E-state index contributed by atoms with van der Waals surface area (Å²) in [5.74, 6) is 1.12. The van der Waals surface area contributed by atoms with Crippen LogP contribution in [0.25, 0.3) is 0 Å². The van der Waals surface area contributed by atoms with Gasteiger partial charge in [-0.2, -0.15) is 0 Å². The topological polar surface area (TPSA) is 102 Å². The number of amides is 1. The van der Waals surface area contributed by atoms with Crippen LogP contribution in [0.2, 0.25) is 0 Å². The van der Waals surface area contributed by atoms with Crippen molar-refractivity contribution in [3.05, 3.63) is 36.3 Å². The predicted octanol–water partition coefficient (Wildman–Crippen LogP) is 1.25. The fraction of sp³-hybridized carbons (Fsp3) is 0.154. The molecule has 2 rings (SSSR count). The van der Waals surface area contributed by atoms with Crippen LogP contribution in [0.1, 0.15) is 10.5 Å². The summed E-state index contributed by atoms with van der Waals surface area (Å²) in [6.45, 7) is 0. The maximum atomic E-state index is 11.5. The first-order valence-electron chi connectivity index (χ1n) is 5.93.